The average Bonchev–Trinajstić information content (AvgIpc) is 3.28. The van der Waals surface area contributed by atoms with Crippen molar-refractivity contribution in [1.82, 2.24) is 9.55 Å². The lowest BCUT2D eigenvalue weighted by Crippen LogP contribution is -2.09. The van der Waals surface area contributed by atoms with Gasteiger partial charge < -0.3 is 23.8 Å². The van der Waals surface area contributed by atoms with Crippen LogP contribution < -0.4 is 4.74 Å². The number of aryl methyl sites for hydroxylation is 2. The van der Waals surface area contributed by atoms with Crippen LogP contribution in [-0.2, 0) is 16.0 Å². The van der Waals surface area contributed by atoms with Gasteiger partial charge in [0.25, 0.3) is 0 Å². The van der Waals surface area contributed by atoms with Gasteiger partial charge in [-0.25, -0.2) is 0 Å². The van der Waals surface area contributed by atoms with E-state index in [0.29, 0.717) is 13.2 Å². The highest BCUT2D eigenvalue weighted by Gasteiger charge is 2.21. The Hall–Kier alpha value is -2.76. The van der Waals surface area contributed by atoms with Gasteiger partial charge in [-0.1, -0.05) is 30.3 Å². The molecule has 0 aliphatic carbocycles. The number of rotatable bonds is 7. The highest BCUT2D eigenvalue weighted by atomic mass is 16.7. The van der Waals surface area contributed by atoms with Crippen LogP contribution in [0.3, 0.4) is 0 Å². The molecule has 146 valence electrons. The van der Waals surface area contributed by atoms with Gasteiger partial charge in [0, 0.05) is 36.2 Å². The van der Waals surface area contributed by atoms with E-state index in [4.69, 9.17) is 14.2 Å². The Bertz CT molecular complexity index is 1120. The van der Waals surface area contributed by atoms with Crippen molar-refractivity contribution in [3.05, 3.63) is 53.7 Å². The molecule has 0 amide bonds. The van der Waals surface area contributed by atoms with Crippen molar-refractivity contribution >= 4 is 21.8 Å². The summed E-state index contributed by atoms with van der Waals surface area (Å²) in [5.41, 5.74) is 6.98. The molecular weight excluding hydrogens is 352 g/mol. The minimum absolute atomic E-state index is 0.288. The Morgan fingerprint density at radius 3 is 2.68 bits per heavy atom. The summed E-state index contributed by atoms with van der Waals surface area (Å²) in [6.07, 6.45) is 1.99. The summed E-state index contributed by atoms with van der Waals surface area (Å²) in [6, 6.07) is 12.8. The molecule has 0 saturated heterocycles. The van der Waals surface area contributed by atoms with Crippen LogP contribution in [0.5, 0.6) is 5.75 Å². The molecule has 5 heteroatoms. The number of ether oxygens (including phenoxy) is 3. The molecule has 0 saturated carbocycles. The molecule has 4 rings (SSSR count). The molecule has 0 unspecified atom stereocenters. The molecule has 2 aromatic heterocycles. The lowest BCUT2D eigenvalue weighted by atomic mass is 10.0. The van der Waals surface area contributed by atoms with Crippen LogP contribution in [0.4, 0.5) is 0 Å². The van der Waals surface area contributed by atoms with E-state index >= 15 is 0 Å². The molecule has 0 fully saturated rings. The lowest BCUT2D eigenvalue weighted by molar-refractivity contribution is -0.0326. The molecule has 1 N–H and O–H groups in total. The zero-order chi connectivity index (χ0) is 19.7. The van der Waals surface area contributed by atoms with E-state index in [9.17, 15) is 0 Å². The van der Waals surface area contributed by atoms with E-state index in [1.807, 2.05) is 6.20 Å². The summed E-state index contributed by atoms with van der Waals surface area (Å²) < 4.78 is 18.8. The van der Waals surface area contributed by atoms with E-state index in [-0.39, 0.29) is 6.79 Å². The highest BCUT2D eigenvalue weighted by molar-refractivity contribution is 6.01. The van der Waals surface area contributed by atoms with Crippen LogP contribution >= 0.6 is 0 Å². The number of para-hydroxylation sites is 1. The van der Waals surface area contributed by atoms with Crippen molar-refractivity contribution in [3.8, 4) is 17.0 Å². The first kappa shape index (κ1) is 18.6. The Kier molecular flexibility index (Phi) is 5.11. The fraction of sp³-hybridized carbons (Fsp3) is 0.304. The predicted octanol–water partition coefficient (Wildman–Crippen LogP) is 5.04. The summed E-state index contributed by atoms with van der Waals surface area (Å²) >= 11 is 0. The van der Waals surface area contributed by atoms with Crippen molar-refractivity contribution in [2.45, 2.75) is 20.4 Å². The molecule has 2 aromatic carbocycles. The number of aromatic nitrogens is 2. The zero-order valence-corrected chi connectivity index (χ0v) is 16.8. The molecule has 2 heterocycles. The minimum Gasteiger partial charge on any atom is -0.494 e. The van der Waals surface area contributed by atoms with Crippen molar-refractivity contribution in [3.63, 3.8) is 0 Å². The summed E-state index contributed by atoms with van der Waals surface area (Å²) in [4.78, 5) is 3.41. The molecule has 0 spiro atoms. The van der Waals surface area contributed by atoms with Gasteiger partial charge in [-0.15, -0.1) is 0 Å². The maximum atomic E-state index is 5.81. The largest absolute Gasteiger partial charge is 0.494 e. The molecule has 5 nitrogen and oxygen atoms in total. The first-order valence-electron chi connectivity index (χ1n) is 9.47. The Labute approximate surface area is 164 Å². The Morgan fingerprint density at radius 1 is 1.04 bits per heavy atom. The standard InChI is InChI=1S/C23H26N2O3/c1-15-8-9-18-16(2)21(19-7-5-6-17-10-11-24-20(17)19)25(12-13-28-14-26-3)22(18)23(15)27-4/h5-11,24H,12-14H2,1-4H3. The second-order valence-electron chi connectivity index (χ2n) is 7.00. The van der Waals surface area contributed by atoms with Gasteiger partial charge >= 0.3 is 0 Å². The summed E-state index contributed by atoms with van der Waals surface area (Å²) in [5.74, 6) is 0.914. The molecule has 0 aliphatic rings. The molecular formula is C23H26N2O3. The van der Waals surface area contributed by atoms with E-state index in [0.717, 1.165) is 22.3 Å². The number of benzene rings is 2. The van der Waals surface area contributed by atoms with E-state index in [1.54, 1.807) is 14.2 Å². The van der Waals surface area contributed by atoms with Crippen molar-refractivity contribution in [1.29, 1.82) is 0 Å². The van der Waals surface area contributed by atoms with E-state index < -0.39 is 0 Å². The number of nitrogens with one attached hydrogen (secondary N) is 1. The second-order valence-corrected chi connectivity index (χ2v) is 7.00. The maximum Gasteiger partial charge on any atom is 0.146 e. The third-order valence-corrected chi connectivity index (χ3v) is 5.33. The Balaban J connectivity index is 1.99. The quantitative estimate of drug-likeness (QED) is 0.362. The number of hydrogen-bond donors (Lipinski definition) is 1. The summed E-state index contributed by atoms with van der Waals surface area (Å²) in [5, 5.41) is 2.40. The monoisotopic (exact) mass is 378 g/mol. The average molecular weight is 378 g/mol. The smallest absolute Gasteiger partial charge is 0.146 e. The number of fused-ring (bicyclic) bond motifs is 2. The van der Waals surface area contributed by atoms with Crippen LogP contribution in [0.25, 0.3) is 33.1 Å². The topological polar surface area (TPSA) is 48.4 Å². The maximum absolute atomic E-state index is 5.81. The summed E-state index contributed by atoms with van der Waals surface area (Å²) in [6.45, 7) is 5.82. The fourth-order valence-electron chi connectivity index (χ4n) is 4.09. The third-order valence-electron chi connectivity index (χ3n) is 5.33. The lowest BCUT2D eigenvalue weighted by Gasteiger charge is -2.15. The highest BCUT2D eigenvalue weighted by Crippen LogP contribution is 2.41. The van der Waals surface area contributed by atoms with E-state index in [2.05, 4.69) is 59.8 Å². The van der Waals surface area contributed by atoms with Crippen LogP contribution in [0.15, 0.2) is 42.6 Å². The van der Waals surface area contributed by atoms with Gasteiger partial charge in [-0.2, -0.15) is 0 Å². The number of nitrogens with zero attached hydrogens (tertiary/aromatic N) is 1. The van der Waals surface area contributed by atoms with Crippen LogP contribution in [0.1, 0.15) is 11.1 Å². The van der Waals surface area contributed by atoms with Crippen molar-refractivity contribution < 1.29 is 14.2 Å². The van der Waals surface area contributed by atoms with Crippen LogP contribution in [0.2, 0.25) is 0 Å². The molecule has 0 atom stereocenters. The number of aromatic amines is 1. The predicted molar refractivity (Wildman–Crippen MR) is 113 cm³/mol. The van der Waals surface area contributed by atoms with Gasteiger partial charge in [-0.05, 0) is 31.0 Å². The van der Waals surface area contributed by atoms with Crippen LogP contribution in [-0.4, -0.2) is 37.2 Å². The number of methoxy groups -OCH3 is 2. The molecule has 28 heavy (non-hydrogen) atoms. The molecule has 0 radical (unpaired) electrons. The molecule has 0 aliphatic heterocycles. The Morgan fingerprint density at radius 2 is 1.89 bits per heavy atom. The minimum atomic E-state index is 0.288. The van der Waals surface area contributed by atoms with Gasteiger partial charge in [0.05, 0.1) is 30.4 Å². The van der Waals surface area contributed by atoms with Crippen molar-refractivity contribution in [2.24, 2.45) is 0 Å². The zero-order valence-electron chi connectivity index (χ0n) is 16.8. The number of H-pyrrole nitrogens is 1. The van der Waals surface area contributed by atoms with Gasteiger partial charge in [0.15, 0.2) is 0 Å². The first-order chi connectivity index (χ1) is 13.7. The van der Waals surface area contributed by atoms with E-state index in [1.165, 1.54) is 27.6 Å². The van der Waals surface area contributed by atoms with Gasteiger partial charge in [0.2, 0.25) is 0 Å². The van der Waals surface area contributed by atoms with Crippen molar-refractivity contribution in [2.75, 3.05) is 27.6 Å². The molecule has 0 bridgehead atoms. The van der Waals surface area contributed by atoms with Gasteiger partial charge in [-0.3, -0.25) is 0 Å². The third kappa shape index (κ3) is 2.97. The number of hydrogen-bond acceptors (Lipinski definition) is 3. The summed E-state index contributed by atoms with van der Waals surface area (Å²) in [7, 11) is 3.38. The van der Waals surface area contributed by atoms with Crippen LogP contribution in [0, 0.1) is 13.8 Å². The second kappa shape index (κ2) is 7.70. The normalized spacial score (nSPS) is 11.6. The SMILES string of the molecule is COCOCCn1c(-c2cccc3cc[nH]c23)c(C)c2ccc(C)c(OC)c21. The fourth-order valence-corrected chi connectivity index (χ4v) is 4.09. The molecule has 4 aromatic rings. The first-order valence-corrected chi connectivity index (χ1v) is 9.47. The van der Waals surface area contributed by atoms with Gasteiger partial charge in [0.1, 0.15) is 12.5 Å².